The van der Waals surface area contributed by atoms with Gasteiger partial charge in [-0.05, 0) is 76.7 Å². The molecule has 0 radical (unpaired) electrons. The second kappa shape index (κ2) is 14.0. The first-order valence-electron chi connectivity index (χ1n) is 15.3. The fourth-order valence-corrected chi connectivity index (χ4v) is 7.49. The number of sulfonamides is 1. The first-order chi connectivity index (χ1) is 22.8. The molecule has 0 saturated carbocycles. The Kier molecular flexibility index (Phi) is 9.60. The Morgan fingerprint density at radius 2 is 1.70 bits per heavy atom. The average Bonchev–Trinajstić information content (AvgIpc) is 3.48. The molecule has 1 heterocycles. The molecule has 1 amide bonds. The number of benzene rings is 4. The van der Waals surface area contributed by atoms with Gasteiger partial charge in [-0.25, -0.2) is 8.42 Å². The van der Waals surface area contributed by atoms with Crippen LogP contribution in [0.1, 0.15) is 29.0 Å². The van der Waals surface area contributed by atoms with Crippen molar-refractivity contribution in [3.63, 3.8) is 0 Å². The van der Waals surface area contributed by atoms with Gasteiger partial charge in [0.05, 0.1) is 30.9 Å². The number of phenolic OH excluding ortho intramolecular Hbond substituents is 1. The molecule has 0 bridgehead atoms. The third-order valence-corrected chi connectivity index (χ3v) is 10.3. The molecular formula is C36H36N2O8S. The number of phenols is 1. The quantitative estimate of drug-likeness (QED) is 0.159. The van der Waals surface area contributed by atoms with Crippen molar-refractivity contribution in [2.45, 2.75) is 29.9 Å². The van der Waals surface area contributed by atoms with Gasteiger partial charge in [0.2, 0.25) is 16.3 Å². The number of nitrogens with zero attached hydrogens (tertiary/aromatic N) is 1. The SMILES string of the molecule is COc1ccc(S(=O)(=O)N(CCO)CCO[C@@H]2C[C@H](c3cccc4c3Cc3ccccc3-4)C=C(C(=O)Nc3ccccc3O)O2)cc1. The molecule has 0 unspecified atom stereocenters. The van der Waals surface area contributed by atoms with E-state index >= 15 is 0 Å². The van der Waals surface area contributed by atoms with Crippen LogP contribution in [0.4, 0.5) is 5.69 Å². The minimum absolute atomic E-state index is 0.0284. The molecule has 1 aliphatic carbocycles. The van der Waals surface area contributed by atoms with E-state index in [1.807, 2.05) is 18.2 Å². The smallest absolute Gasteiger partial charge is 0.290 e. The molecule has 10 nitrogen and oxygen atoms in total. The van der Waals surface area contributed by atoms with Crippen molar-refractivity contribution in [1.82, 2.24) is 4.31 Å². The first-order valence-corrected chi connectivity index (χ1v) is 16.8. The van der Waals surface area contributed by atoms with Crippen molar-refractivity contribution in [1.29, 1.82) is 0 Å². The van der Waals surface area contributed by atoms with Gasteiger partial charge in [-0.15, -0.1) is 0 Å². The second-order valence-corrected chi connectivity index (χ2v) is 13.2. The molecule has 6 rings (SSSR count). The van der Waals surface area contributed by atoms with Crippen molar-refractivity contribution in [3.8, 4) is 22.6 Å². The summed E-state index contributed by atoms with van der Waals surface area (Å²) in [5.74, 6) is -0.333. The van der Waals surface area contributed by atoms with Crippen LogP contribution in [0.2, 0.25) is 0 Å². The standard InChI is InChI=1S/C36H36N2O8S/c1-44-26-13-15-27(16-14-26)47(42,43)38(17-19-39)18-20-45-35-23-25(22-34(46-35)36(41)37-32-11-4-5-12-33(32)40)29-9-6-10-30-28-8-3-2-7-24(28)21-31(29)30/h2-16,22,25,35,39-40H,17-21,23H2,1H3,(H,37,41)/t25-,35+/m1/s1. The topological polar surface area (TPSA) is 135 Å². The molecule has 3 N–H and O–H groups in total. The molecule has 0 spiro atoms. The molecule has 2 aliphatic rings. The molecule has 0 saturated heterocycles. The van der Waals surface area contributed by atoms with Gasteiger partial charge in [0, 0.05) is 25.4 Å². The number of allylic oxidation sites excluding steroid dienone is 1. The van der Waals surface area contributed by atoms with Gasteiger partial charge in [0.15, 0.2) is 5.76 Å². The summed E-state index contributed by atoms with van der Waals surface area (Å²) in [6, 6.07) is 26.9. The molecule has 11 heteroatoms. The van der Waals surface area contributed by atoms with E-state index in [1.165, 1.54) is 42.0 Å². The average molecular weight is 657 g/mol. The Hall–Kier alpha value is -4.68. The molecule has 2 atom stereocenters. The summed E-state index contributed by atoms with van der Waals surface area (Å²) < 4.78 is 45.2. The van der Waals surface area contributed by atoms with E-state index in [2.05, 4.69) is 29.6 Å². The summed E-state index contributed by atoms with van der Waals surface area (Å²) in [7, 11) is -2.45. The zero-order chi connectivity index (χ0) is 33.0. The lowest BCUT2D eigenvalue weighted by Gasteiger charge is -2.31. The van der Waals surface area contributed by atoms with E-state index in [1.54, 1.807) is 36.4 Å². The monoisotopic (exact) mass is 656 g/mol. The van der Waals surface area contributed by atoms with E-state index in [0.29, 0.717) is 12.2 Å². The van der Waals surface area contributed by atoms with Gasteiger partial charge in [-0.2, -0.15) is 4.31 Å². The maximum Gasteiger partial charge on any atom is 0.290 e. The molecule has 4 aromatic carbocycles. The number of ether oxygens (including phenoxy) is 3. The molecule has 0 fully saturated rings. The lowest BCUT2D eigenvalue weighted by Crippen LogP contribution is -2.38. The van der Waals surface area contributed by atoms with Gasteiger partial charge in [0.1, 0.15) is 11.5 Å². The summed E-state index contributed by atoms with van der Waals surface area (Å²) in [4.78, 5) is 13.5. The number of aliphatic hydroxyl groups is 1. The van der Waals surface area contributed by atoms with Gasteiger partial charge in [-0.3, -0.25) is 4.79 Å². The minimum atomic E-state index is -3.94. The predicted octanol–water partition coefficient (Wildman–Crippen LogP) is 5.02. The molecule has 4 aromatic rings. The number of hydrogen-bond acceptors (Lipinski definition) is 8. The normalized spacial score (nSPS) is 17.0. The number of anilines is 1. The van der Waals surface area contributed by atoms with Crippen LogP contribution < -0.4 is 10.1 Å². The number of nitrogens with one attached hydrogen (secondary N) is 1. The van der Waals surface area contributed by atoms with E-state index in [-0.39, 0.29) is 54.3 Å². The van der Waals surface area contributed by atoms with Crippen molar-refractivity contribution >= 4 is 21.6 Å². The van der Waals surface area contributed by atoms with E-state index < -0.39 is 22.2 Å². The number of hydrogen-bond donors (Lipinski definition) is 3. The van der Waals surface area contributed by atoms with Crippen LogP contribution in [0, 0.1) is 0 Å². The lowest BCUT2D eigenvalue weighted by molar-refractivity contribution is -0.143. The fourth-order valence-electron chi connectivity index (χ4n) is 6.07. The zero-order valence-electron chi connectivity index (χ0n) is 25.8. The van der Waals surface area contributed by atoms with E-state index in [4.69, 9.17) is 14.2 Å². The Bertz CT molecular complexity index is 1890. The van der Waals surface area contributed by atoms with Crippen LogP contribution in [0.3, 0.4) is 0 Å². The number of para-hydroxylation sites is 2. The van der Waals surface area contributed by atoms with Crippen molar-refractivity contribution in [2.75, 3.05) is 38.7 Å². The summed E-state index contributed by atoms with van der Waals surface area (Å²) in [6.45, 7) is -0.618. The Labute approximate surface area is 273 Å². The third kappa shape index (κ3) is 6.89. The fraction of sp³-hybridized carbons (Fsp3) is 0.250. The van der Waals surface area contributed by atoms with Gasteiger partial charge < -0.3 is 29.7 Å². The van der Waals surface area contributed by atoms with Crippen LogP contribution in [0.15, 0.2) is 108 Å². The summed E-state index contributed by atoms with van der Waals surface area (Å²) in [6.07, 6.45) is 2.04. The number of carbonyl (C=O) groups is 1. The van der Waals surface area contributed by atoms with Gasteiger partial charge in [-0.1, -0.05) is 54.6 Å². The number of carbonyl (C=O) groups excluding carboxylic acids is 1. The second-order valence-electron chi connectivity index (χ2n) is 11.3. The number of amides is 1. The first kappa shape index (κ1) is 32.3. The Morgan fingerprint density at radius 3 is 2.47 bits per heavy atom. The number of aromatic hydroxyl groups is 1. The maximum atomic E-state index is 13.5. The number of rotatable bonds is 12. The highest BCUT2D eigenvalue weighted by Crippen LogP contribution is 2.43. The van der Waals surface area contributed by atoms with Crippen LogP contribution >= 0.6 is 0 Å². The predicted molar refractivity (Wildman–Crippen MR) is 177 cm³/mol. The minimum Gasteiger partial charge on any atom is -0.506 e. The van der Waals surface area contributed by atoms with Crippen molar-refractivity contribution in [3.05, 3.63) is 120 Å². The van der Waals surface area contributed by atoms with Crippen LogP contribution in [0.5, 0.6) is 11.5 Å². The number of aliphatic hydroxyl groups excluding tert-OH is 1. The van der Waals surface area contributed by atoms with Crippen molar-refractivity contribution < 1.29 is 37.6 Å². The molecule has 47 heavy (non-hydrogen) atoms. The van der Waals surface area contributed by atoms with E-state index in [0.717, 1.165) is 21.9 Å². The number of fused-ring (bicyclic) bond motifs is 3. The highest BCUT2D eigenvalue weighted by atomic mass is 32.2. The van der Waals surface area contributed by atoms with Crippen LogP contribution in [0.25, 0.3) is 11.1 Å². The molecule has 0 aromatic heterocycles. The zero-order valence-corrected chi connectivity index (χ0v) is 26.7. The van der Waals surface area contributed by atoms with Crippen LogP contribution in [-0.2, 0) is 30.7 Å². The molecular weight excluding hydrogens is 620 g/mol. The highest BCUT2D eigenvalue weighted by molar-refractivity contribution is 7.89. The Morgan fingerprint density at radius 1 is 0.957 bits per heavy atom. The molecule has 1 aliphatic heterocycles. The highest BCUT2D eigenvalue weighted by Gasteiger charge is 2.33. The largest absolute Gasteiger partial charge is 0.506 e. The maximum absolute atomic E-state index is 13.5. The van der Waals surface area contributed by atoms with Gasteiger partial charge in [0.25, 0.3) is 5.91 Å². The summed E-state index contributed by atoms with van der Waals surface area (Å²) >= 11 is 0. The third-order valence-electron chi connectivity index (χ3n) is 8.41. The number of methoxy groups -OCH3 is 1. The summed E-state index contributed by atoms with van der Waals surface area (Å²) in [5, 5.41) is 22.6. The summed E-state index contributed by atoms with van der Waals surface area (Å²) in [5.41, 5.74) is 6.04. The van der Waals surface area contributed by atoms with Crippen LogP contribution in [-0.4, -0.2) is 68.5 Å². The van der Waals surface area contributed by atoms with Gasteiger partial charge >= 0.3 is 0 Å². The van der Waals surface area contributed by atoms with E-state index in [9.17, 15) is 23.4 Å². The molecule has 244 valence electrons. The van der Waals surface area contributed by atoms with Crippen molar-refractivity contribution in [2.24, 2.45) is 0 Å². The lowest BCUT2D eigenvalue weighted by atomic mass is 9.87. The Balaban J connectivity index is 1.23.